The minimum absolute atomic E-state index is 0.0100. The quantitative estimate of drug-likeness (QED) is 0.406. The zero-order chi connectivity index (χ0) is 21.3. The summed E-state index contributed by atoms with van der Waals surface area (Å²) < 4.78 is 5.22. The first kappa shape index (κ1) is 19.4. The van der Waals surface area contributed by atoms with Crippen molar-refractivity contribution >= 4 is 23.1 Å². The van der Waals surface area contributed by atoms with E-state index in [-0.39, 0.29) is 11.3 Å². The van der Waals surface area contributed by atoms with Gasteiger partial charge in [-0.15, -0.1) is 0 Å². The number of benzene rings is 2. The van der Waals surface area contributed by atoms with Crippen molar-refractivity contribution < 1.29 is 19.4 Å². The minimum Gasteiger partial charge on any atom is -0.507 e. The molecule has 2 heterocycles. The summed E-state index contributed by atoms with van der Waals surface area (Å²) in [4.78, 5) is 31.8. The number of rotatable bonds is 4. The number of carbonyl (C=O) groups excluding carboxylic acids is 2. The van der Waals surface area contributed by atoms with Gasteiger partial charge in [-0.2, -0.15) is 0 Å². The molecule has 6 heteroatoms. The first-order valence-corrected chi connectivity index (χ1v) is 9.45. The summed E-state index contributed by atoms with van der Waals surface area (Å²) in [7, 11) is 1.56. The molecule has 1 N–H and O–H groups in total. The molecule has 1 aliphatic heterocycles. The predicted molar refractivity (Wildman–Crippen MR) is 113 cm³/mol. The Bertz CT molecular complexity index is 1140. The predicted octanol–water partition coefficient (Wildman–Crippen LogP) is 4.02. The van der Waals surface area contributed by atoms with Crippen molar-refractivity contribution in [2.24, 2.45) is 0 Å². The Kier molecular flexibility index (Phi) is 5.06. The van der Waals surface area contributed by atoms with Crippen LogP contribution in [0.2, 0.25) is 0 Å². The Morgan fingerprint density at radius 3 is 2.40 bits per heavy atom. The molecule has 0 radical (unpaired) electrons. The molecule has 1 saturated heterocycles. The fourth-order valence-corrected chi connectivity index (χ4v) is 3.68. The van der Waals surface area contributed by atoms with Gasteiger partial charge in [-0.25, -0.2) is 0 Å². The Morgan fingerprint density at radius 1 is 1.03 bits per heavy atom. The number of para-hydroxylation sites is 1. The molecule has 150 valence electrons. The molecule has 1 unspecified atom stereocenters. The number of carbonyl (C=O) groups is 2. The van der Waals surface area contributed by atoms with E-state index in [0.29, 0.717) is 22.7 Å². The van der Waals surface area contributed by atoms with Crippen molar-refractivity contribution in [3.63, 3.8) is 0 Å². The molecule has 1 atom stereocenters. The number of Topliss-reactive ketones (excluding diaryl/α,β-unsaturated/α-hetero) is 1. The summed E-state index contributed by atoms with van der Waals surface area (Å²) in [5.41, 5.74) is 2.24. The van der Waals surface area contributed by atoms with Crippen molar-refractivity contribution in [3.8, 4) is 5.75 Å². The number of aliphatic hydroxyl groups is 1. The number of aliphatic hydroxyl groups excluding tert-OH is 1. The molecule has 1 aromatic heterocycles. The van der Waals surface area contributed by atoms with Gasteiger partial charge in [0.1, 0.15) is 17.6 Å². The summed E-state index contributed by atoms with van der Waals surface area (Å²) in [5, 5.41) is 11.2. The number of amides is 1. The van der Waals surface area contributed by atoms with E-state index in [2.05, 4.69) is 4.98 Å². The third kappa shape index (κ3) is 3.22. The number of ketones is 1. The van der Waals surface area contributed by atoms with E-state index in [1.54, 1.807) is 80.9 Å². The lowest BCUT2D eigenvalue weighted by Gasteiger charge is -2.24. The summed E-state index contributed by atoms with van der Waals surface area (Å²) in [6.45, 7) is 1.81. The highest BCUT2D eigenvalue weighted by atomic mass is 16.5. The molecule has 0 bridgehead atoms. The van der Waals surface area contributed by atoms with E-state index in [9.17, 15) is 14.7 Å². The number of aryl methyl sites for hydroxylation is 1. The number of ether oxygens (including phenoxy) is 1. The van der Waals surface area contributed by atoms with E-state index in [1.165, 1.54) is 4.90 Å². The second-order valence-electron chi connectivity index (χ2n) is 6.94. The molecule has 4 rings (SSSR count). The zero-order valence-corrected chi connectivity index (χ0v) is 16.6. The Morgan fingerprint density at radius 2 is 1.77 bits per heavy atom. The maximum absolute atomic E-state index is 13.1. The molecule has 0 saturated carbocycles. The molecule has 0 aliphatic carbocycles. The van der Waals surface area contributed by atoms with Crippen LogP contribution in [0.1, 0.15) is 22.9 Å². The van der Waals surface area contributed by atoms with Gasteiger partial charge in [0.15, 0.2) is 0 Å². The standard InChI is InChI=1S/C24H20N2O4/c1-15-14-17(30-2)11-12-18(15)22(27)20-21(19-10-6-7-13-25-19)26(24(29)23(20)28)16-8-4-3-5-9-16/h3-14,21,27H,1-2H3/b22-20-. The van der Waals surface area contributed by atoms with Crippen molar-refractivity contribution in [1.82, 2.24) is 4.98 Å². The van der Waals surface area contributed by atoms with E-state index >= 15 is 0 Å². The van der Waals surface area contributed by atoms with Crippen LogP contribution in [-0.2, 0) is 9.59 Å². The summed E-state index contributed by atoms with van der Waals surface area (Å²) >= 11 is 0. The van der Waals surface area contributed by atoms with Gasteiger partial charge >= 0.3 is 0 Å². The summed E-state index contributed by atoms with van der Waals surface area (Å²) in [5.74, 6) is -1.05. The van der Waals surface area contributed by atoms with E-state index in [4.69, 9.17) is 4.74 Å². The molecular formula is C24H20N2O4. The number of aromatic nitrogens is 1. The Labute approximate surface area is 174 Å². The van der Waals surface area contributed by atoms with Crippen molar-refractivity contribution in [3.05, 3.63) is 95.3 Å². The summed E-state index contributed by atoms with van der Waals surface area (Å²) in [6, 6.07) is 18.5. The van der Waals surface area contributed by atoms with Gasteiger partial charge in [0, 0.05) is 17.4 Å². The van der Waals surface area contributed by atoms with Crippen molar-refractivity contribution in [2.75, 3.05) is 12.0 Å². The first-order valence-electron chi connectivity index (χ1n) is 9.45. The second-order valence-corrected chi connectivity index (χ2v) is 6.94. The van der Waals surface area contributed by atoms with Crippen LogP contribution in [0.25, 0.3) is 5.76 Å². The normalized spacial score (nSPS) is 17.9. The zero-order valence-electron chi connectivity index (χ0n) is 16.6. The van der Waals surface area contributed by atoms with Crippen LogP contribution in [0.5, 0.6) is 5.75 Å². The summed E-state index contributed by atoms with van der Waals surface area (Å²) in [6.07, 6.45) is 1.60. The van der Waals surface area contributed by atoms with Gasteiger partial charge < -0.3 is 9.84 Å². The topological polar surface area (TPSA) is 79.7 Å². The van der Waals surface area contributed by atoms with Gasteiger partial charge in [-0.1, -0.05) is 24.3 Å². The molecule has 30 heavy (non-hydrogen) atoms. The number of anilines is 1. The van der Waals surface area contributed by atoms with Crippen LogP contribution in [-0.4, -0.2) is 28.9 Å². The number of nitrogens with zero attached hydrogens (tertiary/aromatic N) is 2. The smallest absolute Gasteiger partial charge is 0.300 e. The van der Waals surface area contributed by atoms with E-state index in [0.717, 1.165) is 5.56 Å². The van der Waals surface area contributed by atoms with Gasteiger partial charge in [0.05, 0.1) is 18.4 Å². The lowest BCUT2D eigenvalue weighted by molar-refractivity contribution is -0.132. The fourth-order valence-electron chi connectivity index (χ4n) is 3.68. The van der Waals surface area contributed by atoms with Crippen molar-refractivity contribution in [1.29, 1.82) is 0 Å². The van der Waals surface area contributed by atoms with Crippen LogP contribution >= 0.6 is 0 Å². The highest BCUT2D eigenvalue weighted by Gasteiger charge is 2.47. The Balaban J connectivity index is 1.94. The molecule has 1 fully saturated rings. The van der Waals surface area contributed by atoms with Crippen LogP contribution in [0.15, 0.2) is 78.5 Å². The monoisotopic (exact) mass is 400 g/mol. The minimum atomic E-state index is -0.838. The third-order valence-corrected chi connectivity index (χ3v) is 5.14. The van der Waals surface area contributed by atoms with Crippen molar-refractivity contribution in [2.45, 2.75) is 13.0 Å². The van der Waals surface area contributed by atoms with Gasteiger partial charge in [0.25, 0.3) is 11.7 Å². The molecule has 1 aliphatic rings. The number of pyridine rings is 1. The lowest BCUT2D eigenvalue weighted by atomic mass is 9.96. The number of hydrogen-bond donors (Lipinski definition) is 1. The molecule has 1 amide bonds. The molecule has 6 nitrogen and oxygen atoms in total. The molecule has 2 aromatic carbocycles. The molecule has 3 aromatic rings. The van der Waals surface area contributed by atoms with E-state index < -0.39 is 17.7 Å². The van der Waals surface area contributed by atoms with Crippen LogP contribution in [0.4, 0.5) is 5.69 Å². The highest BCUT2D eigenvalue weighted by molar-refractivity contribution is 6.51. The van der Waals surface area contributed by atoms with Gasteiger partial charge in [0.2, 0.25) is 0 Å². The largest absolute Gasteiger partial charge is 0.507 e. The maximum atomic E-state index is 13.1. The highest BCUT2D eigenvalue weighted by Crippen LogP contribution is 2.41. The second kappa shape index (κ2) is 7.83. The maximum Gasteiger partial charge on any atom is 0.300 e. The average Bonchev–Trinajstić information content (AvgIpc) is 3.05. The van der Waals surface area contributed by atoms with Gasteiger partial charge in [-0.05, 0) is 55.0 Å². The Hall–Kier alpha value is -3.93. The van der Waals surface area contributed by atoms with Crippen LogP contribution in [0, 0.1) is 6.92 Å². The first-order chi connectivity index (χ1) is 14.5. The number of methoxy groups -OCH3 is 1. The SMILES string of the molecule is COc1ccc(/C(O)=C2/C(=O)C(=O)N(c3ccccc3)C2c2ccccn2)c(C)c1. The number of hydrogen-bond acceptors (Lipinski definition) is 5. The average molecular weight is 400 g/mol. The molecular weight excluding hydrogens is 380 g/mol. The fraction of sp³-hybridized carbons (Fsp3) is 0.125. The van der Waals surface area contributed by atoms with Gasteiger partial charge in [-0.3, -0.25) is 19.5 Å². The lowest BCUT2D eigenvalue weighted by Crippen LogP contribution is -2.29. The molecule has 0 spiro atoms. The van der Waals surface area contributed by atoms with Crippen LogP contribution in [0.3, 0.4) is 0 Å². The van der Waals surface area contributed by atoms with Crippen LogP contribution < -0.4 is 9.64 Å². The third-order valence-electron chi connectivity index (χ3n) is 5.14. The van der Waals surface area contributed by atoms with E-state index in [1.807, 2.05) is 6.07 Å².